The molecule has 9 heteroatoms. The number of hydrogen-bond acceptors (Lipinski definition) is 6. The fourth-order valence-corrected chi connectivity index (χ4v) is 5.11. The van der Waals surface area contributed by atoms with Crippen molar-refractivity contribution >= 4 is 36.0 Å². The Balaban J connectivity index is 1.89. The van der Waals surface area contributed by atoms with E-state index in [1.54, 1.807) is 0 Å². The zero-order chi connectivity index (χ0) is 19.8. The maximum Gasteiger partial charge on any atom is 0.317 e. The van der Waals surface area contributed by atoms with Crippen LogP contribution in [-0.2, 0) is 23.9 Å². The van der Waals surface area contributed by atoms with Crippen LogP contribution in [0.2, 0.25) is 0 Å². The molecule has 2 amide bonds. The van der Waals surface area contributed by atoms with E-state index < -0.39 is 35.3 Å². The number of β-lactam (4-membered cyclic amide) rings is 1. The van der Waals surface area contributed by atoms with E-state index in [-0.39, 0.29) is 17.8 Å². The molecule has 2 aliphatic heterocycles. The largest absolute Gasteiger partial charge is 0.481 e. The van der Waals surface area contributed by atoms with Crippen LogP contribution >= 0.6 is 11.8 Å². The summed E-state index contributed by atoms with van der Waals surface area (Å²) in [5.74, 6) is -2.43. The molecular formula is C18H20N2O6S. The second-order valence-corrected chi connectivity index (χ2v) is 8.01. The highest BCUT2D eigenvalue weighted by molar-refractivity contribution is 8.00. The van der Waals surface area contributed by atoms with E-state index in [1.807, 2.05) is 31.2 Å². The number of benzene rings is 1. The summed E-state index contributed by atoms with van der Waals surface area (Å²) >= 11 is 1.19. The molecule has 3 rings (SSSR count). The minimum atomic E-state index is -1.61. The van der Waals surface area contributed by atoms with Crippen molar-refractivity contribution in [2.45, 2.75) is 30.5 Å². The number of thioether (sulfide) groups is 1. The Morgan fingerprint density at radius 2 is 2.07 bits per heavy atom. The Labute approximate surface area is 160 Å². The van der Waals surface area contributed by atoms with Gasteiger partial charge in [0.2, 0.25) is 12.3 Å². The molecule has 0 spiro atoms. The van der Waals surface area contributed by atoms with Crippen LogP contribution in [0.15, 0.2) is 24.3 Å². The zero-order valence-corrected chi connectivity index (χ0v) is 15.7. The van der Waals surface area contributed by atoms with Crippen LogP contribution < -0.4 is 5.32 Å². The van der Waals surface area contributed by atoms with E-state index in [2.05, 4.69) is 5.32 Å². The van der Waals surface area contributed by atoms with Gasteiger partial charge in [0.1, 0.15) is 12.0 Å². The maximum atomic E-state index is 12.7. The van der Waals surface area contributed by atoms with E-state index in [4.69, 9.17) is 4.74 Å². The fraction of sp³-hybridized carbons (Fsp3) is 0.444. The monoisotopic (exact) mass is 392 g/mol. The van der Waals surface area contributed by atoms with Crippen LogP contribution in [0.25, 0.3) is 0 Å². The SMILES string of the molecule is CC(=O)OCC1(C(=O)O)CN2C(=O)C(c3ccc(C)cc3)[C@H]2SC1NC=O. The van der Waals surface area contributed by atoms with Gasteiger partial charge in [0.15, 0.2) is 0 Å². The van der Waals surface area contributed by atoms with E-state index >= 15 is 0 Å². The molecule has 144 valence electrons. The second kappa shape index (κ2) is 7.22. The summed E-state index contributed by atoms with van der Waals surface area (Å²) in [7, 11) is 0. The van der Waals surface area contributed by atoms with Gasteiger partial charge in [0.25, 0.3) is 0 Å². The lowest BCUT2D eigenvalue weighted by Crippen LogP contribution is -2.70. The van der Waals surface area contributed by atoms with Crippen molar-refractivity contribution in [1.29, 1.82) is 0 Å². The molecule has 1 aromatic rings. The lowest BCUT2D eigenvalue weighted by molar-refractivity contribution is -0.166. The molecule has 4 atom stereocenters. The van der Waals surface area contributed by atoms with Gasteiger partial charge in [0.05, 0.1) is 16.7 Å². The van der Waals surface area contributed by atoms with Crippen molar-refractivity contribution < 1.29 is 29.0 Å². The quantitative estimate of drug-likeness (QED) is 0.416. The molecule has 2 saturated heterocycles. The van der Waals surface area contributed by atoms with Gasteiger partial charge in [-0.15, -0.1) is 11.8 Å². The topological polar surface area (TPSA) is 113 Å². The molecule has 1 aromatic carbocycles. The number of fused-ring (bicyclic) bond motifs is 1. The third-order valence-corrected chi connectivity index (χ3v) is 6.65. The Bertz CT molecular complexity index is 783. The molecule has 2 fully saturated rings. The molecule has 3 unspecified atom stereocenters. The number of amides is 2. The van der Waals surface area contributed by atoms with Gasteiger partial charge in [-0.2, -0.15) is 0 Å². The number of aliphatic carboxylic acids is 1. The van der Waals surface area contributed by atoms with Gasteiger partial charge in [-0.25, -0.2) is 0 Å². The molecule has 0 aromatic heterocycles. The Morgan fingerprint density at radius 3 is 2.63 bits per heavy atom. The normalized spacial score (nSPS) is 29.3. The van der Waals surface area contributed by atoms with Gasteiger partial charge in [-0.1, -0.05) is 29.8 Å². The molecule has 0 radical (unpaired) electrons. The highest BCUT2D eigenvalue weighted by atomic mass is 32.2. The number of hydrogen-bond donors (Lipinski definition) is 2. The number of esters is 1. The average molecular weight is 392 g/mol. The average Bonchev–Trinajstić information content (AvgIpc) is 2.62. The van der Waals surface area contributed by atoms with Crippen LogP contribution in [-0.4, -0.2) is 58.2 Å². The number of aryl methyl sites for hydroxylation is 1. The number of carboxylic acid groups (broad SMARTS) is 1. The van der Waals surface area contributed by atoms with Gasteiger partial charge in [-0.05, 0) is 12.5 Å². The number of carboxylic acids is 1. The first kappa shape index (κ1) is 19.2. The summed E-state index contributed by atoms with van der Waals surface area (Å²) in [5, 5.41) is 11.2. The van der Waals surface area contributed by atoms with E-state index in [9.17, 15) is 24.3 Å². The molecule has 27 heavy (non-hydrogen) atoms. The summed E-state index contributed by atoms with van der Waals surface area (Å²) in [4.78, 5) is 48.5. The first-order valence-corrected chi connectivity index (χ1v) is 9.33. The van der Waals surface area contributed by atoms with Crippen molar-refractivity contribution in [3.8, 4) is 0 Å². The van der Waals surface area contributed by atoms with Crippen LogP contribution in [0.4, 0.5) is 0 Å². The van der Waals surface area contributed by atoms with Crippen LogP contribution in [0, 0.1) is 12.3 Å². The number of rotatable bonds is 6. The van der Waals surface area contributed by atoms with Crippen LogP contribution in [0.1, 0.15) is 24.0 Å². The zero-order valence-electron chi connectivity index (χ0n) is 14.9. The summed E-state index contributed by atoms with van der Waals surface area (Å²) < 4.78 is 4.96. The summed E-state index contributed by atoms with van der Waals surface area (Å²) in [6.45, 7) is 2.56. The number of carbonyl (C=O) groups is 4. The van der Waals surface area contributed by atoms with Gasteiger partial charge < -0.3 is 20.1 Å². The van der Waals surface area contributed by atoms with Crippen molar-refractivity contribution in [3.05, 3.63) is 35.4 Å². The van der Waals surface area contributed by atoms with Crippen LogP contribution in [0.5, 0.6) is 0 Å². The van der Waals surface area contributed by atoms with Crippen molar-refractivity contribution in [2.75, 3.05) is 13.2 Å². The third-order valence-electron chi connectivity index (χ3n) is 4.99. The number of carbonyl (C=O) groups excluding carboxylic acids is 3. The number of nitrogens with zero attached hydrogens (tertiary/aromatic N) is 1. The van der Waals surface area contributed by atoms with Crippen molar-refractivity contribution in [2.24, 2.45) is 5.41 Å². The Morgan fingerprint density at radius 1 is 1.41 bits per heavy atom. The fourth-order valence-electron chi connectivity index (χ4n) is 3.44. The molecule has 2 aliphatic rings. The maximum absolute atomic E-state index is 12.7. The first-order valence-electron chi connectivity index (χ1n) is 8.39. The highest BCUT2D eigenvalue weighted by Crippen LogP contribution is 2.51. The molecule has 0 bridgehead atoms. The predicted molar refractivity (Wildman–Crippen MR) is 96.7 cm³/mol. The third kappa shape index (κ3) is 3.27. The van der Waals surface area contributed by atoms with Crippen molar-refractivity contribution in [1.82, 2.24) is 10.2 Å². The molecule has 0 saturated carbocycles. The minimum absolute atomic E-state index is 0.139. The summed E-state index contributed by atoms with van der Waals surface area (Å²) in [6, 6.07) is 7.61. The Hall–Kier alpha value is -2.55. The van der Waals surface area contributed by atoms with Crippen LogP contribution in [0.3, 0.4) is 0 Å². The van der Waals surface area contributed by atoms with E-state index in [1.165, 1.54) is 23.6 Å². The summed E-state index contributed by atoms with van der Waals surface area (Å²) in [6.07, 6.45) is 0.431. The predicted octanol–water partition coefficient (Wildman–Crippen LogP) is 0.700. The standard InChI is InChI=1S/C18H20N2O6S/c1-10-3-5-12(6-4-10)13-14(23)20-7-18(17(24)25,8-26-11(2)22)16(19-9-21)27-15(13)20/h3-6,9,13,15-16H,7-8H2,1-2H3,(H,19,21)(H,24,25)/t13?,15-,16?,18?/m1/s1. The van der Waals surface area contributed by atoms with Gasteiger partial charge in [-0.3, -0.25) is 19.2 Å². The molecular weight excluding hydrogens is 372 g/mol. The number of nitrogens with one attached hydrogen (secondary N) is 1. The van der Waals surface area contributed by atoms with E-state index in [0.717, 1.165) is 11.1 Å². The van der Waals surface area contributed by atoms with Gasteiger partial charge in [0, 0.05) is 13.5 Å². The molecule has 0 aliphatic carbocycles. The summed E-state index contributed by atoms with van der Waals surface area (Å²) in [5.41, 5.74) is 0.319. The van der Waals surface area contributed by atoms with E-state index in [0.29, 0.717) is 6.41 Å². The Kier molecular flexibility index (Phi) is 5.14. The first-order chi connectivity index (χ1) is 12.8. The highest BCUT2D eigenvalue weighted by Gasteiger charge is 2.62. The molecule has 2 N–H and O–H groups in total. The second-order valence-electron chi connectivity index (χ2n) is 6.79. The lowest BCUT2D eigenvalue weighted by Gasteiger charge is -2.56. The van der Waals surface area contributed by atoms with Gasteiger partial charge >= 0.3 is 11.9 Å². The van der Waals surface area contributed by atoms with Crippen molar-refractivity contribution in [3.63, 3.8) is 0 Å². The smallest absolute Gasteiger partial charge is 0.317 e. The lowest BCUT2D eigenvalue weighted by atomic mass is 9.82. The minimum Gasteiger partial charge on any atom is -0.481 e. The molecule has 2 heterocycles. The molecule has 8 nitrogen and oxygen atoms in total. The number of ether oxygens (including phenoxy) is 1.